The van der Waals surface area contributed by atoms with Gasteiger partial charge >= 0.3 is 0 Å². The molecule has 1 rings (SSSR count). The molecule has 0 saturated carbocycles. The highest BCUT2D eigenvalue weighted by Gasteiger charge is 2.41. The smallest absolute Gasteiger partial charge is 0.242 e. The third-order valence-electron chi connectivity index (χ3n) is 3.22. The molecule has 0 bridgehead atoms. The fourth-order valence-corrected chi connectivity index (χ4v) is 2.03. The van der Waals surface area contributed by atoms with E-state index in [1.165, 1.54) is 0 Å². The molecule has 1 aliphatic rings. The SMILES string of the molecule is C=CCCCN(C)C(=O)C1(C#N)CCOCC1. The van der Waals surface area contributed by atoms with Crippen LogP contribution in [0.4, 0.5) is 0 Å². The molecule has 0 radical (unpaired) electrons. The molecule has 0 spiro atoms. The number of allylic oxidation sites excluding steroid dienone is 1. The molecule has 4 heteroatoms. The molecule has 0 aliphatic carbocycles. The molecule has 1 fully saturated rings. The van der Waals surface area contributed by atoms with Gasteiger partial charge in [0.1, 0.15) is 5.41 Å². The van der Waals surface area contributed by atoms with Gasteiger partial charge in [-0.1, -0.05) is 6.08 Å². The minimum absolute atomic E-state index is 0.0626. The van der Waals surface area contributed by atoms with E-state index in [4.69, 9.17) is 4.74 Å². The number of unbranched alkanes of at least 4 members (excludes halogenated alkanes) is 1. The summed E-state index contributed by atoms with van der Waals surface area (Å²) in [6, 6.07) is 2.20. The second kappa shape index (κ2) is 6.41. The summed E-state index contributed by atoms with van der Waals surface area (Å²) in [4.78, 5) is 13.9. The molecule has 1 heterocycles. The maximum Gasteiger partial charge on any atom is 0.242 e. The van der Waals surface area contributed by atoms with Crippen LogP contribution in [0.3, 0.4) is 0 Å². The zero-order valence-electron chi connectivity index (χ0n) is 10.4. The van der Waals surface area contributed by atoms with Gasteiger partial charge in [0.25, 0.3) is 0 Å². The molecule has 0 aromatic heterocycles. The van der Waals surface area contributed by atoms with E-state index < -0.39 is 5.41 Å². The van der Waals surface area contributed by atoms with Crippen molar-refractivity contribution in [2.24, 2.45) is 5.41 Å². The molecule has 0 N–H and O–H groups in total. The lowest BCUT2D eigenvalue weighted by Gasteiger charge is -2.33. The highest BCUT2D eigenvalue weighted by atomic mass is 16.5. The lowest BCUT2D eigenvalue weighted by atomic mass is 9.80. The van der Waals surface area contributed by atoms with Crippen molar-refractivity contribution in [3.8, 4) is 6.07 Å². The third kappa shape index (κ3) is 3.31. The molecule has 1 amide bonds. The summed E-state index contributed by atoms with van der Waals surface area (Å²) < 4.78 is 5.22. The Balaban J connectivity index is 2.59. The normalized spacial score (nSPS) is 18.1. The van der Waals surface area contributed by atoms with Crippen molar-refractivity contribution in [2.45, 2.75) is 25.7 Å². The number of amides is 1. The van der Waals surface area contributed by atoms with E-state index in [0.29, 0.717) is 32.6 Å². The van der Waals surface area contributed by atoms with Crippen molar-refractivity contribution in [3.63, 3.8) is 0 Å². The Hall–Kier alpha value is -1.34. The third-order valence-corrected chi connectivity index (χ3v) is 3.22. The van der Waals surface area contributed by atoms with Crippen molar-refractivity contribution in [2.75, 3.05) is 26.8 Å². The van der Waals surface area contributed by atoms with Crippen LogP contribution >= 0.6 is 0 Å². The van der Waals surface area contributed by atoms with Crippen LogP contribution in [0.5, 0.6) is 0 Å². The first-order valence-electron chi connectivity index (χ1n) is 6.02. The number of carbonyl (C=O) groups is 1. The molecule has 1 aliphatic heterocycles. The van der Waals surface area contributed by atoms with Crippen molar-refractivity contribution in [3.05, 3.63) is 12.7 Å². The molecular weight excluding hydrogens is 216 g/mol. The molecule has 0 aromatic carbocycles. The zero-order valence-corrected chi connectivity index (χ0v) is 10.4. The highest BCUT2D eigenvalue weighted by Crippen LogP contribution is 2.31. The molecule has 0 atom stereocenters. The average molecular weight is 236 g/mol. The van der Waals surface area contributed by atoms with Crippen molar-refractivity contribution in [1.82, 2.24) is 4.90 Å². The Kier molecular flexibility index (Phi) is 5.17. The average Bonchev–Trinajstić information content (AvgIpc) is 2.38. The molecule has 1 saturated heterocycles. The van der Waals surface area contributed by atoms with E-state index in [1.807, 2.05) is 6.08 Å². The van der Waals surface area contributed by atoms with Gasteiger partial charge in [-0.3, -0.25) is 4.79 Å². The van der Waals surface area contributed by atoms with Gasteiger partial charge in [-0.15, -0.1) is 6.58 Å². The van der Waals surface area contributed by atoms with Crippen LogP contribution in [0.2, 0.25) is 0 Å². The van der Waals surface area contributed by atoms with Gasteiger partial charge < -0.3 is 9.64 Å². The monoisotopic (exact) mass is 236 g/mol. The van der Waals surface area contributed by atoms with Crippen LogP contribution in [0.1, 0.15) is 25.7 Å². The van der Waals surface area contributed by atoms with Gasteiger partial charge in [0.05, 0.1) is 6.07 Å². The first-order valence-corrected chi connectivity index (χ1v) is 6.02. The molecule has 17 heavy (non-hydrogen) atoms. The van der Waals surface area contributed by atoms with Crippen LogP contribution in [-0.4, -0.2) is 37.6 Å². The summed E-state index contributed by atoms with van der Waals surface area (Å²) in [7, 11) is 1.76. The van der Waals surface area contributed by atoms with E-state index in [-0.39, 0.29) is 5.91 Å². The van der Waals surface area contributed by atoms with Gasteiger partial charge in [-0.2, -0.15) is 5.26 Å². The van der Waals surface area contributed by atoms with E-state index in [0.717, 1.165) is 12.8 Å². The maximum absolute atomic E-state index is 12.3. The van der Waals surface area contributed by atoms with Crippen LogP contribution in [0.25, 0.3) is 0 Å². The fourth-order valence-electron chi connectivity index (χ4n) is 2.03. The number of rotatable bonds is 5. The Morgan fingerprint density at radius 2 is 2.24 bits per heavy atom. The summed E-state index contributed by atoms with van der Waals surface area (Å²) >= 11 is 0. The van der Waals surface area contributed by atoms with Gasteiger partial charge in [-0.05, 0) is 25.7 Å². The Morgan fingerprint density at radius 3 is 2.76 bits per heavy atom. The predicted octanol–water partition coefficient (Wildman–Crippen LogP) is 1.73. The van der Waals surface area contributed by atoms with Crippen molar-refractivity contribution in [1.29, 1.82) is 5.26 Å². The largest absolute Gasteiger partial charge is 0.381 e. The summed E-state index contributed by atoms with van der Waals surface area (Å²) in [5.74, 6) is -0.0626. The van der Waals surface area contributed by atoms with Gasteiger partial charge in [-0.25, -0.2) is 0 Å². The fraction of sp³-hybridized carbons (Fsp3) is 0.692. The quantitative estimate of drug-likeness (QED) is 0.539. The number of ether oxygens (including phenoxy) is 1. The van der Waals surface area contributed by atoms with Gasteiger partial charge in [0.2, 0.25) is 5.91 Å². The molecule has 4 nitrogen and oxygen atoms in total. The summed E-state index contributed by atoms with van der Waals surface area (Å²) in [5, 5.41) is 9.26. The zero-order chi connectivity index (χ0) is 12.7. The van der Waals surface area contributed by atoms with Crippen LogP contribution in [0.15, 0.2) is 12.7 Å². The second-order valence-corrected chi connectivity index (χ2v) is 4.46. The standard InChI is InChI=1S/C13H20N2O2/c1-3-4-5-8-15(2)12(16)13(11-14)6-9-17-10-7-13/h3H,1,4-10H2,2H3. The molecule has 0 unspecified atom stereocenters. The van der Waals surface area contributed by atoms with Crippen molar-refractivity contribution >= 4 is 5.91 Å². The Bertz CT molecular complexity index is 314. The molecular formula is C13H20N2O2. The number of nitriles is 1. The van der Waals surface area contributed by atoms with Gasteiger partial charge in [0.15, 0.2) is 0 Å². The molecule has 0 aromatic rings. The predicted molar refractivity (Wildman–Crippen MR) is 65.2 cm³/mol. The Labute approximate surface area is 103 Å². The van der Waals surface area contributed by atoms with Crippen LogP contribution in [0, 0.1) is 16.7 Å². The van der Waals surface area contributed by atoms with Crippen molar-refractivity contribution < 1.29 is 9.53 Å². The second-order valence-electron chi connectivity index (χ2n) is 4.46. The summed E-state index contributed by atoms with van der Waals surface area (Å²) in [6.07, 6.45) is 4.64. The first-order chi connectivity index (χ1) is 8.16. The number of carbonyl (C=O) groups excluding carboxylic acids is 1. The van der Waals surface area contributed by atoms with E-state index in [9.17, 15) is 10.1 Å². The summed E-state index contributed by atoms with van der Waals surface area (Å²) in [5.41, 5.74) is -0.860. The highest BCUT2D eigenvalue weighted by molar-refractivity contribution is 5.85. The van der Waals surface area contributed by atoms with E-state index in [2.05, 4.69) is 12.6 Å². The topological polar surface area (TPSA) is 53.3 Å². The lowest BCUT2D eigenvalue weighted by molar-refractivity contribution is -0.142. The number of hydrogen-bond acceptors (Lipinski definition) is 3. The van der Waals surface area contributed by atoms with E-state index in [1.54, 1.807) is 11.9 Å². The minimum Gasteiger partial charge on any atom is -0.381 e. The van der Waals surface area contributed by atoms with Gasteiger partial charge in [0, 0.05) is 26.8 Å². The Morgan fingerprint density at radius 1 is 1.59 bits per heavy atom. The lowest BCUT2D eigenvalue weighted by Crippen LogP contribution is -2.44. The van der Waals surface area contributed by atoms with Crippen LogP contribution in [-0.2, 0) is 9.53 Å². The van der Waals surface area contributed by atoms with Crippen LogP contribution < -0.4 is 0 Å². The maximum atomic E-state index is 12.3. The minimum atomic E-state index is -0.860. The number of hydrogen-bond donors (Lipinski definition) is 0. The number of nitrogens with zero attached hydrogens (tertiary/aromatic N) is 2. The summed E-state index contributed by atoms with van der Waals surface area (Å²) in [6.45, 7) is 5.33. The first kappa shape index (κ1) is 13.7. The van der Waals surface area contributed by atoms with E-state index >= 15 is 0 Å². The molecule has 94 valence electrons.